The summed E-state index contributed by atoms with van der Waals surface area (Å²) in [4.78, 5) is 33.0. The zero-order valence-corrected chi connectivity index (χ0v) is 16.9. The summed E-state index contributed by atoms with van der Waals surface area (Å²) in [5, 5.41) is 11.4. The van der Waals surface area contributed by atoms with Crippen molar-refractivity contribution in [1.29, 1.82) is 0 Å². The number of tetrazole rings is 1. The van der Waals surface area contributed by atoms with E-state index in [1.165, 1.54) is 11.1 Å². The van der Waals surface area contributed by atoms with E-state index in [1.54, 1.807) is 0 Å². The molecule has 1 aromatic heterocycles. The van der Waals surface area contributed by atoms with Crippen molar-refractivity contribution in [2.45, 2.75) is 13.0 Å². The minimum absolute atomic E-state index is 0.00214. The van der Waals surface area contributed by atoms with E-state index in [9.17, 15) is 9.59 Å². The molecule has 2 amide bonds. The fourth-order valence-electron chi connectivity index (χ4n) is 4.78. The number of benzene rings is 1. The maximum atomic E-state index is 12.9. The quantitative estimate of drug-likeness (QED) is 0.669. The van der Waals surface area contributed by atoms with Crippen LogP contribution in [-0.4, -0.2) is 93.5 Å². The predicted octanol–water partition coefficient (Wildman–Crippen LogP) is -0.236. The van der Waals surface area contributed by atoms with Gasteiger partial charge in [0.05, 0.1) is 6.42 Å². The van der Waals surface area contributed by atoms with Crippen LogP contribution < -0.4 is 0 Å². The number of hydrogen-bond acceptors (Lipinski definition) is 6. The standard InChI is InChI=1S/C20H27N7O2/c1-24(2)12-20-13-25(18(28)8-16-6-4-3-5-7-16)9-17(20)10-26(14-20)19(29)11-27-22-15-21-23-27/h3-7,15,17H,8-14H2,1-2H3. The number of amides is 2. The van der Waals surface area contributed by atoms with E-state index < -0.39 is 0 Å². The molecule has 2 unspecified atom stereocenters. The first-order valence-corrected chi connectivity index (χ1v) is 9.90. The molecule has 2 aromatic rings. The lowest BCUT2D eigenvalue weighted by atomic mass is 9.80. The third-order valence-corrected chi connectivity index (χ3v) is 5.96. The second-order valence-electron chi connectivity index (χ2n) is 8.47. The van der Waals surface area contributed by atoms with Crippen LogP contribution in [0.4, 0.5) is 0 Å². The Morgan fingerprint density at radius 2 is 1.79 bits per heavy atom. The largest absolute Gasteiger partial charge is 0.341 e. The lowest BCUT2D eigenvalue weighted by molar-refractivity contribution is -0.132. The Morgan fingerprint density at radius 3 is 2.41 bits per heavy atom. The topological polar surface area (TPSA) is 87.5 Å². The van der Waals surface area contributed by atoms with Crippen molar-refractivity contribution < 1.29 is 9.59 Å². The average Bonchev–Trinajstić information content (AvgIpc) is 3.36. The normalized spacial score (nSPS) is 23.6. The van der Waals surface area contributed by atoms with Crippen LogP contribution in [0.5, 0.6) is 0 Å². The van der Waals surface area contributed by atoms with Gasteiger partial charge < -0.3 is 14.7 Å². The van der Waals surface area contributed by atoms with Gasteiger partial charge in [0.25, 0.3) is 0 Å². The Kier molecular flexibility index (Phi) is 5.31. The van der Waals surface area contributed by atoms with Gasteiger partial charge in [-0.05, 0) is 24.9 Å². The molecule has 3 heterocycles. The molecule has 0 saturated carbocycles. The lowest BCUT2D eigenvalue weighted by Crippen LogP contribution is -2.44. The molecular formula is C20H27N7O2. The van der Waals surface area contributed by atoms with Crippen molar-refractivity contribution in [2.24, 2.45) is 11.3 Å². The van der Waals surface area contributed by atoms with Gasteiger partial charge in [-0.2, -0.15) is 4.80 Å². The number of hydrogen-bond donors (Lipinski definition) is 0. The molecule has 154 valence electrons. The van der Waals surface area contributed by atoms with E-state index in [4.69, 9.17) is 0 Å². The van der Waals surface area contributed by atoms with Gasteiger partial charge in [0.15, 0.2) is 6.33 Å². The highest BCUT2D eigenvalue weighted by atomic mass is 16.2. The molecule has 0 radical (unpaired) electrons. The summed E-state index contributed by atoms with van der Waals surface area (Å²) in [5.74, 6) is 0.434. The predicted molar refractivity (Wildman–Crippen MR) is 106 cm³/mol. The number of carbonyl (C=O) groups is 2. The molecule has 2 aliphatic heterocycles. The van der Waals surface area contributed by atoms with Gasteiger partial charge in [0.1, 0.15) is 6.54 Å². The van der Waals surface area contributed by atoms with E-state index in [0.717, 1.165) is 12.1 Å². The molecule has 1 aromatic carbocycles. The Morgan fingerprint density at radius 1 is 1.10 bits per heavy atom. The zero-order chi connectivity index (χ0) is 20.4. The molecule has 2 atom stereocenters. The van der Waals surface area contributed by atoms with Gasteiger partial charge in [-0.3, -0.25) is 9.59 Å². The number of nitrogens with zero attached hydrogens (tertiary/aromatic N) is 7. The third-order valence-electron chi connectivity index (χ3n) is 5.96. The maximum Gasteiger partial charge on any atom is 0.246 e. The highest BCUT2D eigenvalue weighted by Crippen LogP contribution is 2.43. The van der Waals surface area contributed by atoms with E-state index in [1.807, 2.05) is 54.2 Å². The van der Waals surface area contributed by atoms with Crippen LogP contribution in [0.25, 0.3) is 0 Å². The number of aromatic nitrogens is 4. The van der Waals surface area contributed by atoms with Crippen LogP contribution in [-0.2, 0) is 22.6 Å². The number of likely N-dealkylation sites (tertiary alicyclic amines) is 2. The summed E-state index contributed by atoms with van der Waals surface area (Å²) < 4.78 is 0. The van der Waals surface area contributed by atoms with E-state index in [2.05, 4.69) is 20.3 Å². The smallest absolute Gasteiger partial charge is 0.246 e. The van der Waals surface area contributed by atoms with Crippen LogP contribution in [0, 0.1) is 11.3 Å². The van der Waals surface area contributed by atoms with E-state index >= 15 is 0 Å². The second kappa shape index (κ2) is 7.90. The van der Waals surface area contributed by atoms with Gasteiger partial charge in [-0.1, -0.05) is 30.3 Å². The van der Waals surface area contributed by atoms with Crippen molar-refractivity contribution >= 4 is 11.8 Å². The van der Waals surface area contributed by atoms with Crippen LogP contribution in [0.2, 0.25) is 0 Å². The highest BCUT2D eigenvalue weighted by molar-refractivity contribution is 5.80. The lowest BCUT2D eigenvalue weighted by Gasteiger charge is -2.32. The van der Waals surface area contributed by atoms with Gasteiger partial charge in [0, 0.05) is 44.1 Å². The summed E-state index contributed by atoms with van der Waals surface area (Å²) in [6.07, 6.45) is 1.75. The summed E-state index contributed by atoms with van der Waals surface area (Å²) in [5.41, 5.74) is 0.940. The van der Waals surface area contributed by atoms with E-state index in [-0.39, 0.29) is 29.7 Å². The number of rotatable bonds is 6. The summed E-state index contributed by atoms with van der Waals surface area (Å²) in [6, 6.07) is 9.86. The van der Waals surface area contributed by atoms with Gasteiger partial charge in [-0.15, -0.1) is 10.2 Å². The summed E-state index contributed by atoms with van der Waals surface area (Å²) in [7, 11) is 4.09. The molecule has 0 spiro atoms. The van der Waals surface area contributed by atoms with Crippen molar-refractivity contribution in [3.05, 3.63) is 42.2 Å². The van der Waals surface area contributed by atoms with Crippen LogP contribution in [0.15, 0.2) is 36.7 Å². The SMILES string of the molecule is CN(C)CC12CN(C(=O)Cc3ccccc3)CC1CN(C(=O)Cn1ncnn1)C2. The zero-order valence-electron chi connectivity index (χ0n) is 16.9. The van der Waals surface area contributed by atoms with Crippen molar-refractivity contribution in [1.82, 2.24) is 34.9 Å². The minimum atomic E-state index is -0.0959. The maximum absolute atomic E-state index is 12.9. The monoisotopic (exact) mass is 397 g/mol. The molecule has 0 N–H and O–H groups in total. The minimum Gasteiger partial charge on any atom is -0.341 e. The highest BCUT2D eigenvalue weighted by Gasteiger charge is 2.54. The molecule has 2 aliphatic rings. The number of fused-ring (bicyclic) bond motifs is 1. The molecule has 9 heteroatoms. The van der Waals surface area contributed by atoms with Crippen LogP contribution in [0.1, 0.15) is 5.56 Å². The summed E-state index contributed by atoms with van der Waals surface area (Å²) in [6.45, 7) is 3.65. The Bertz CT molecular complexity index is 855. The van der Waals surface area contributed by atoms with Crippen molar-refractivity contribution in [2.75, 3.05) is 46.8 Å². The Labute approximate surface area is 170 Å². The van der Waals surface area contributed by atoms with Crippen molar-refractivity contribution in [3.63, 3.8) is 0 Å². The molecule has 2 saturated heterocycles. The summed E-state index contributed by atoms with van der Waals surface area (Å²) >= 11 is 0. The Balaban J connectivity index is 1.44. The molecule has 0 aliphatic carbocycles. The molecule has 2 fully saturated rings. The van der Waals surface area contributed by atoms with Crippen LogP contribution in [0.3, 0.4) is 0 Å². The first-order chi connectivity index (χ1) is 13.9. The molecule has 9 nitrogen and oxygen atoms in total. The fourth-order valence-corrected chi connectivity index (χ4v) is 4.78. The molecule has 29 heavy (non-hydrogen) atoms. The Hall–Kier alpha value is -2.81. The van der Waals surface area contributed by atoms with Gasteiger partial charge >= 0.3 is 0 Å². The fraction of sp³-hybridized carbons (Fsp3) is 0.550. The second-order valence-corrected chi connectivity index (χ2v) is 8.47. The van der Waals surface area contributed by atoms with Crippen LogP contribution >= 0.6 is 0 Å². The molecule has 4 rings (SSSR count). The average molecular weight is 397 g/mol. The molecule has 0 bridgehead atoms. The molecular weight excluding hydrogens is 370 g/mol. The first-order valence-electron chi connectivity index (χ1n) is 9.90. The first kappa shape index (κ1) is 19.5. The third kappa shape index (κ3) is 4.14. The number of carbonyl (C=O) groups excluding carboxylic acids is 2. The van der Waals surface area contributed by atoms with Gasteiger partial charge in [0.2, 0.25) is 11.8 Å². The van der Waals surface area contributed by atoms with Gasteiger partial charge in [-0.25, -0.2) is 0 Å². The van der Waals surface area contributed by atoms with E-state index in [0.29, 0.717) is 32.6 Å². The van der Waals surface area contributed by atoms with Crippen molar-refractivity contribution in [3.8, 4) is 0 Å².